The number of hydrogen-bond donors (Lipinski definition) is 2. The molecule has 0 spiro atoms. The number of halogens is 3. The minimum Gasteiger partial charge on any atom is -0.493 e. The highest BCUT2D eigenvalue weighted by atomic mass is 19.4. The van der Waals surface area contributed by atoms with Crippen molar-refractivity contribution in [2.24, 2.45) is 10.2 Å². The van der Waals surface area contributed by atoms with Gasteiger partial charge in [-0.3, -0.25) is 4.79 Å². The number of aromatic nitrogens is 3. The quantitative estimate of drug-likeness (QED) is 0.475. The Morgan fingerprint density at radius 2 is 1.76 bits per heavy atom. The second-order valence-electron chi connectivity index (χ2n) is 6.02. The number of hydrogen-bond acceptors (Lipinski definition) is 4. The van der Waals surface area contributed by atoms with Crippen molar-refractivity contribution < 1.29 is 23.1 Å². The molecule has 1 amide bonds. The van der Waals surface area contributed by atoms with Gasteiger partial charge in [-0.15, -0.1) is 10.2 Å². The second kappa shape index (κ2) is 6.89. The van der Waals surface area contributed by atoms with Crippen LogP contribution >= 0.6 is 0 Å². The fourth-order valence-corrected chi connectivity index (χ4v) is 2.91. The van der Waals surface area contributed by atoms with Crippen LogP contribution < -0.4 is 0 Å². The number of carbonyl (C=O) groups is 1. The molecule has 2 N–H and O–H groups in total. The van der Waals surface area contributed by atoms with E-state index in [1.807, 2.05) is 0 Å². The molecule has 0 aliphatic rings. The lowest BCUT2D eigenvalue weighted by Crippen LogP contribution is -2.16. The summed E-state index contributed by atoms with van der Waals surface area (Å²) in [6.45, 7) is 0. The summed E-state index contributed by atoms with van der Waals surface area (Å²) in [5, 5.41) is 21.2. The van der Waals surface area contributed by atoms with Gasteiger partial charge in [-0.1, -0.05) is 36.4 Å². The molecule has 0 atom stereocenters. The predicted octanol–water partition coefficient (Wildman–Crippen LogP) is 5.00. The minimum absolute atomic E-state index is 0.0436. The standard InChI is InChI=1S/C19H12F3N5O2/c20-19(21,22)16-13(10-23-27(16)11-6-2-1-3-7-11)17(28)26-25-15-12-8-4-5-9-14(12)24-18(15)29/h1-10,24,29H. The van der Waals surface area contributed by atoms with Gasteiger partial charge in [-0.25, -0.2) is 4.68 Å². The first kappa shape index (κ1) is 18.4. The zero-order valence-corrected chi connectivity index (χ0v) is 14.6. The van der Waals surface area contributed by atoms with Crippen molar-refractivity contribution in [1.29, 1.82) is 0 Å². The van der Waals surface area contributed by atoms with Crippen molar-refractivity contribution in [3.05, 3.63) is 72.1 Å². The van der Waals surface area contributed by atoms with Crippen molar-refractivity contribution in [2.45, 2.75) is 6.18 Å². The molecule has 0 radical (unpaired) electrons. The number of aromatic hydroxyl groups is 1. The van der Waals surface area contributed by atoms with Crippen LogP contribution in [-0.2, 0) is 6.18 Å². The van der Waals surface area contributed by atoms with Crippen LogP contribution in [0.1, 0.15) is 16.1 Å². The maximum atomic E-state index is 13.6. The third-order valence-corrected chi connectivity index (χ3v) is 4.17. The number of benzene rings is 2. The SMILES string of the molecule is O=C(N=Nc1c(O)[nH]c2ccccc12)c1cnn(-c2ccccc2)c1C(F)(F)F. The normalized spacial score (nSPS) is 12.1. The van der Waals surface area contributed by atoms with E-state index in [9.17, 15) is 23.1 Å². The molecule has 29 heavy (non-hydrogen) atoms. The molecule has 0 aliphatic heterocycles. The first-order valence-corrected chi connectivity index (χ1v) is 8.32. The average Bonchev–Trinajstić information content (AvgIpc) is 3.28. The van der Waals surface area contributed by atoms with Crippen LogP contribution in [0.15, 0.2) is 71.0 Å². The molecule has 0 unspecified atom stereocenters. The van der Waals surface area contributed by atoms with Gasteiger partial charge < -0.3 is 10.1 Å². The Kier molecular flexibility index (Phi) is 4.38. The van der Waals surface area contributed by atoms with Crippen LogP contribution in [0.2, 0.25) is 0 Å². The van der Waals surface area contributed by atoms with Crippen molar-refractivity contribution in [2.75, 3.05) is 0 Å². The fourth-order valence-electron chi connectivity index (χ4n) is 2.91. The zero-order chi connectivity index (χ0) is 20.6. The number of nitrogens with zero attached hydrogens (tertiary/aromatic N) is 4. The molecule has 0 fully saturated rings. The number of amides is 1. The monoisotopic (exact) mass is 399 g/mol. The van der Waals surface area contributed by atoms with Crippen LogP contribution in [0.25, 0.3) is 16.6 Å². The molecule has 146 valence electrons. The molecule has 0 saturated heterocycles. The maximum absolute atomic E-state index is 13.6. The molecule has 0 saturated carbocycles. The molecule has 10 heteroatoms. The van der Waals surface area contributed by atoms with E-state index in [-0.39, 0.29) is 17.3 Å². The summed E-state index contributed by atoms with van der Waals surface area (Å²) < 4.78 is 41.6. The molecule has 0 aliphatic carbocycles. The summed E-state index contributed by atoms with van der Waals surface area (Å²) in [5.41, 5.74) is -1.36. The van der Waals surface area contributed by atoms with Gasteiger partial charge in [0.25, 0.3) is 5.91 Å². The Morgan fingerprint density at radius 1 is 1.07 bits per heavy atom. The average molecular weight is 399 g/mol. The van der Waals surface area contributed by atoms with Crippen molar-refractivity contribution >= 4 is 22.5 Å². The Balaban J connectivity index is 1.75. The van der Waals surface area contributed by atoms with Crippen LogP contribution in [0.4, 0.5) is 18.9 Å². The predicted molar refractivity (Wildman–Crippen MR) is 97.4 cm³/mol. The second-order valence-corrected chi connectivity index (χ2v) is 6.02. The van der Waals surface area contributed by atoms with Gasteiger partial charge in [0, 0.05) is 5.39 Å². The lowest BCUT2D eigenvalue weighted by molar-refractivity contribution is -0.143. The third-order valence-electron chi connectivity index (χ3n) is 4.17. The Bertz CT molecular complexity index is 1230. The van der Waals surface area contributed by atoms with Crippen LogP contribution in [0.5, 0.6) is 5.88 Å². The number of alkyl halides is 3. The largest absolute Gasteiger partial charge is 0.493 e. The number of para-hydroxylation sites is 2. The lowest BCUT2D eigenvalue weighted by Gasteiger charge is -2.11. The number of rotatable bonds is 3. The van der Waals surface area contributed by atoms with E-state index >= 15 is 0 Å². The number of azo groups is 1. The topological polar surface area (TPSA) is 95.6 Å². The molecule has 7 nitrogen and oxygen atoms in total. The molecule has 2 aromatic carbocycles. The van der Waals surface area contributed by atoms with E-state index in [2.05, 4.69) is 20.3 Å². The zero-order valence-electron chi connectivity index (χ0n) is 14.6. The van der Waals surface area contributed by atoms with Crippen LogP contribution in [-0.4, -0.2) is 25.8 Å². The summed E-state index contributed by atoms with van der Waals surface area (Å²) in [6, 6.07) is 14.3. The van der Waals surface area contributed by atoms with Gasteiger partial charge >= 0.3 is 6.18 Å². The summed E-state index contributed by atoms with van der Waals surface area (Å²) in [7, 11) is 0. The molecule has 0 bridgehead atoms. The lowest BCUT2D eigenvalue weighted by atomic mass is 10.2. The number of aromatic amines is 1. The van der Waals surface area contributed by atoms with Crippen LogP contribution in [0.3, 0.4) is 0 Å². The maximum Gasteiger partial charge on any atom is 0.434 e. The van der Waals surface area contributed by atoms with E-state index in [0.29, 0.717) is 15.6 Å². The van der Waals surface area contributed by atoms with E-state index in [1.54, 1.807) is 42.5 Å². The molecular formula is C19H12F3N5O2. The first-order chi connectivity index (χ1) is 13.9. The number of carbonyl (C=O) groups excluding carboxylic acids is 1. The summed E-state index contributed by atoms with van der Waals surface area (Å²) >= 11 is 0. The van der Waals surface area contributed by atoms with Crippen molar-refractivity contribution in [1.82, 2.24) is 14.8 Å². The Morgan fingerprint density at radius 3 is 2.48 bits per heavy atom. The smallest absolute Gasteiger partial charge is 0.434 e. The van der Waals surface area contributed by atoms with E-state index in [0.717, 1.165) is 6.20 Å². The van der Waals surface area contributed by atoms with Gasteiger partial charge in [0.1, 0.15) is 0 Å². The first-order valence-electron chi connectivity index (χ1n) is 8.32. The summed E-state index contributed by atoms with van der Waals surface area (Å²) in [4.78, 5) is 15.0. The van der Waals surface area contributed by atoms with Gasteiger partial charge in [0.2, 0.25) is 5.88 Å². The molecule has 2 heterocycles. The Labute approximate surface area is 161 Å². The summed E-state index contributed by atoms with van der Waals surface area (Å²) in [6.07, 6.45) is -4.05. The van der Waals surface area contributed by atoms with E-state index in [1.165, 1.54) is 12.1 Å². The summed E-state index contributed by atoms with van der Waals surface area (Å²) in [5.74, 6) is -1.58. The fraction of sp³-hybridized carbons (Fsp3) is 0.0526. The number of fused-ring (bicyclic) bond motifs is 1. The highest BCUT2D eigenvalue weighted by Gasteiger charge is 2.40. The van der Waals surface area contributed by atoms with E-state index in [4.69, 9.17) is 0 Å². The van der Waals surface area contributed by atoms with Crippen molar-refractivity contribution in [3.8, 4) is 11.6 Å². The van der Waals surface area contributed by atoms with Crippen LogP contribution in [0, 0.1) is 0 Å². The number of nitrogens with one attached hydrogen (secondary N) is 1. The minimum atomic E-state index is -4.85. The number of H-pyrrole nitrogens is 1. The Hall–Kier alpha value is -3.95. The van der Waals surface area contributed by atoms with Gasteiger partial charge in [-0.2, -0.15) is 18.3 Å². The van der Waals surface area contributed by atoms with Gasteiger partial charge in [0.15, 0.2) is 11.4 Å². The molecule has 4 rings (SSSR count). The third kappa shape index (κ3) is 3.35. The highest BCUT2D eigenvalue weighted by molar-refractivity contribution is 5.97. The highest BCUT2D eigenvalue weighted by Crippen LogP contribution is 2.36. The van der Waals surface area contributed by atoms with Crippen molar-refractivity contribution in [3.63, 3.8) is 0 Å². The molecule has 2 aromatic heterocycles. The van der Waals surface area contributed by atoms with Gasteiger partial charge in [-0.05, 0) is 18.2 Å². The molecular weight excluding hydrogens is 387 g/mol. The molecule has 4 aromatic rings. The van der Waals surface area contributed by atoms with Gasteiger partial charge in [0.05, 0.1) is 23.0 Å². The van der Waals surface area contributed by atoms with E-state index < -0.39 is 23.3 Å².